The van der Waals surface area contributed by atoms with E-state index < -0.39 is 34.1 Å². The number of hydrogen-bond acceptors (Lipinski definition) is 8. The first-order valence-corrected chi connectivity index (χ1v) is 13.4. The van der Waals surface area contributed by atoms with Crippen LogP contribution in [0.1, 0.15) is 35.7 Å². The predicted octanol–water partition coefficient (Wildman–Crippen LogP) is 2.05. The number of carbonyl (C=O) groups is 2. The number of sulfonamides is 1. The normalized spacial score (nSPS) is 19.0. The molecular formula is C23H33N5O7S. The first-order valence-electron chi connectivity index (χ1n) is 11.5. The molecule has 1 aromatic heterocycles. The van der Waals surface area contributed by atoms with E-state index in [9.17, 15) is 23.1 Å². The SMILES string of the molecule is Cc1noc(C)c1NC(=O)N(C)C[C@H]1Oc2c(NS(C)(=O)=O)cccc2C(=O)N([C@@H](C)CO)C[C@H]1C. The van der Waals surface area contributed by atoms with Crippen molar-refractivity contribution in [3.63, 3.8) is 0 Å². The van der Waals surface area contributed by atoms with Gasteiger partial charge in [-0.2, -0.15) is 0 Å². The first kappa shape index (κ1) is 27.3. The average Bonchev–Trinajstić information content (AvgIpc) is 3.12. The van der Waals surface area contributed by atoms with Crippen molar-refractivity contribution in [2.45, 2.75) is 39.8 Å². The third-order valence-corrected chi connectivity index (χ3v) is 6.64. The number of hydrogen-bond donors (Lipinski definition) is 3. The number of urea groups is 1. The van der Waals surface area contributed by atoms with Gasteiger partial charge in [0.1, 0.15) is 17.5 Å². The Morgan fingerprint density at radius 3 is 2.64 bits per heavy atom. The summed E-state index contributed by atoms with van der Waals surface area (Å²) < 4.78 is 37.8. The minimum atomic E-state index is -3.67. The van der Waals surface area contributed by atoms with Crippen molar-refractivity contribution in [2.24, 2.45) is 5.92 Å². The van der Waals surface area contributed by atoms with Crippen LogP contribution in [0.3, 0.4) is 0 Å². The van der Waals surface area contributed by atoms with E-state index in [-0.39, 0.29) is 42.6 Å². The van der Waals surface area contributed by atoms with Gasteiger partial charge >= 0.3 is 6.03 Å². The number of nitrogens with zero attached hydrogens (tertiary/aromatic N) is 3. The number of aliphatic hydroxyl groups excluding tert-OH is 1. The molecule has 2 heterocycles. The standard InChI is InChI=1S/C23H33N5O7S/c1-13-10-28(14(2)12-29)22(30)17-8-7-9-18(26-36(6,32)33)21(17)34-19(13)11-27(5)23(31)24-20-15(3)25-35-16(20)4/h7-9,13-14,19,26,29H,10-12H2,1-6H3,(H,24,31)/t13-,14+,19-/m1/s1. The molecule has 1 aliphatic rings. The molecule has 0 radical (unpaired) electrons. The van der Waals surface area contributed by atoms with Crippen LogP contribution in [0.15, 0.2) is 22.7 Å². The van der Waals surface area contributed by atoms with Crippen LogP contribution in [0.4, 0.5) is 16.2 Å². The summed E-state index contributed by atoms with van der Waals surface area (Å²) in [6, 6.07) is 3.70. The number of amides is 3. The number of rotatable bonds is 7. The van der Waals surface area contributed by atoms with E-state index in [0.717, 1.165) is 6.26 Å². The van der Waals surface area contributed by atoms with Gasteiger partial charge in [-0.05, 0) is 32.9 Å². The summed E-state index contributed by atoms with van der Waals surface area (Å²) in [4.78, 5) is 29.3. The summed E-state index contributed by atoms with van der Waals surface area (Å²) in [6.45, 7) is 7.13. The van der Waals surface area contributed by atoms with Crippen LogP contribution in [0.2, 0.25) is 0 Å². The molecule has 0 fully saturated rings. The molecule has 198 valence electrons. The van der Waals surface area contributed by atoms with E-state index in [4.69, 9.17) is 9.26 Å². The van der Waals surface area contributed by atoms with Gasteiger partial charge in [0.15, 0.2) is 11.5 Å². The Labute approximate surface area is 210 Å². The zero-order valence-corrected chi connectivity index (χ0v) is 22.0. The highest BCUT2D eigenvalue weighted by Gasteiger charge is 2.35. The number of nitrogens with one attached hydrogen (secondary N) is 2. The van der Waals surface area contributed by atoms with Crippen molar-refractivity contribution < 1.29 is 32.4 Å². The smallest absolute Gasteiger partial charge is 0.321 e. The second-order valence-corrected chi connectivity index (χ2v) is 10.9. The van der Waals surface area contributed by atoms with Crippen molar-refractivity contribution in [1.82, 2.24) is 15.0 Å². The van der Waals surface area contributed by atoms with Gasteiger partial charge in [0.25, 0.3) is 5.91 Å². The van der Waals surface area contributed by atoms with Crippen LogP contribution >= 0.6 is 0 Å². The number of fused-ring (bicyclic) bond motifs is 1. The van der Waals surface area contributed by atoms with Crippen LogP contribution in [0, 0.1) is 19.8 Å². The predicted molar refractivity (Wildman–Crippen MR) is 134 cm³/mol. The molecule has 0 saturated heterocycles. The summed E-state index contributed by atoms with van der Waals surface area (Å²) in [5.41, 5.74) is 1.30. The molecule has 3 N–H and O–H groups in total. The van der Waals surface area contributed by atoms with Crippen molar-refractivity contribution in [1.29, 1.82) is 0 Å². The van der Waals surface area contributed by atoms with Crippen LogP contribution in [-0.4, -0.2) is 85.6 Å². The van der Waals surface area contributed by atoms with Gasteiger partial charge in [0.2, 0.25) is 10.0 Å². The van der Waals surface area contributed by atoms with Gasteiger partial charge in [-0.15, -0.1) is 0 Å². The van der Waals surface area contributed by atoms with Crippen molar-refractivity contribution in [3.8, 4) is 5.75 Å². The lowest BCUT2D eigenvalue weighted by molar-refractivity contribution is 0.0373. The lowest BCUT2D eigenvalue weighted by Gasteiger charge is -2.38. The number of anilines is 2. The molecule has 1 aliphatic heterocycles. The molecule has 3 amide bonds. The summed E-state index contributed by atoms with van der Waals surface area (Å²) in [5, 5.41) is 16.4. The van der Waals surface area contributed by atoms with Gasteiger partial charge in [0, 0.05) is 19.5 Å². The molecule has 3 atom stereocenters. The van der Waals surface area contributed by atoms with E-state index in [1.54, 1.807) is 40.0 Å². The van der Waals surface area contributed by atoms with Crippen molar-refractivity contribution >= 4 is 33.3 Å². The molecule has 0 bridgehead atoms. The highest BCUT2D eigenvalue weighted by atomic mass is 32.2. The van der Waals surface area contributed by atoms with Gasteiger partial charge in [-0.3, -0.25) is 9.52 Å². The first-order chi connectivity index (χ1) is 16.8. The summed E-state index contributed by atoms with van der Waals surface area (Å²) >= 11 is 0. The number of benzene rings is 1. The Morgan fingerprint density at radius 2 is 2.06 bits per heavy atom. The van der Waals surface area contributed by atoms with Gasteiger partial charge in [-0.1, -0.05) is 18.1 Å². The molecule has 0 saturated carbocycles. The van der Waals surface area contributed by atoms with Crippen LogP contribution < -0.4 is 14.8 Å². The monoisotopic (exact) mass is 523 g/mol. The highest BCUT2D eigenvalue weighted by molar-refractivity contribution is 7.92. The number of aliphatic hydroxyl groups is 1. The third kappa shape index (κ3) is 6.08. The van der Waals surface area contributed by atoms with E-state index in [1.165, 1.54) is 15.9 Å². The molecule has 36 heavy (non-hydrogen) atoms. The van der Waals surface area contributed by atoms with Gasteiger partial charge in [0.05, 0.1) is 36.7 Å². The number of aromatic nitrogens is 1. The molecule has 0 spiro atoms. The van der Waals surface area contributed by atoms with Crippen molar-refractivity contribution in [2.75, 3.05) is 43.0 Å². The maximum atomic E-state index is 13.4. The summed E-state index contributed by atoms with van der Waals surface area (Å²) in [6.07, 6.45) is 0.387. The molecule has 3 rings (SSSR count). The largest absolute Gasteiger partial charge is 0.485 e. The lowest BCUT2D eigenvalue weighted by Crippen LogP contribution is -2.50. The van der Waals surface area contributed by atoms with E-state index in [2.05, 4.69) is 15.2 Å². The lowest BCUT2D eigenvalue weighted by atomic mass is 9.99. The molecule has 13 heteroatoms. The van der Waals surface area contributed by atoms with Crippen LogP contribution in [0.25, 0.3) is 0 Å². The summed E-state index contributed by atoms with van der Waals surface area (Å²) in [7, 11) is -2.07. The molecule has 0 aliphatic carbocycles. The minimum Gasteiger partial charge on any atom is -0.485 e. The average molecular weight is 524 g/mol. The minimum absolute atomic E-state index is 0.0687. The molecular weight excluding hydrogens is 490 g/mol. The Morgan fingerprint density at radius 1 is 1.36 bits per heavy atom. The van der Waals surface area contributed by atoms with Gasteiger partial charge < -0.3 is 29.5 Å². The zero-order valence-electron chi connectivity index (χ0n) is 21.2. The van der Waals surface area contributed by atoms with E-state index in [0.29, 0.717) is 17.1 Å². The molecule has 0 unspecified atom stereocenters. The maximum Gasteiger partial charge on any atom is 0.321 e. The second-order valence-electron chi connectivity index (χ2n) is 9.19. The number of ether oxygens (including phenoxy) is 1. The molecule has 12 nitrogen and oxygen atoms in total. The molecule has 1 aromatic carbocycles. The number of aryl methyl sites for hydroxylation is 2. The third-order valence-electron chi connectivity index (χ3n) is 6.05. The van der Waals surface area contributed by atoms with E-state index >= 15 is 0 Å². The van der Waals surface area contributed by atoms with Crippen molar-refractivity contribution in [3.05, 3.63) is 35.2 Å². The van der Waals surface area contributed by atoms with E-state index in [1.807, 2.05) is 6.92 Å². The Hall–Kier alpha value is -3.32. The fourth-order valence-electron chi connectivity index (χ4n) is 3.96. The maximum absolute atomic E-state index is 13.4. The van der Waals surface area contributed by atoms with Crippen LogP contribution in [-0.2, 0) is 10.0 Å². The number of para-hydroxylation sites is 1. The number of likely N-dealkylation sites (N-methyl/N-ethyl adjacent to an activating group) is 1. The zero-order chi connectivity index (χ0) is 26.8. The Balaban J connectivity index is 1.96. The number of carbonyl (C=O) groups excluding carboxylic acids is 2. The fraction of sp³-hybridized carbons (Fsp3) is 0.522. The second kappa shape index (κ2) is 10.7. The summed E-state index contributed by atoms with van der Waals surface area (Å²) in [5.74, 6) is -0.128. The topological polar surface area (TPSA) is 154 Å². The molecule has 2 aromatic rings. The quantitative estimate of drug-likeness (QED) is 0.498. The Kier molecular flexibility index (Phi) is 8.14. The van der Waals surface area contributed by atoms with Crippen LogP contribution in [0.5, 0.6) is 5.75 Å². The fourth-order valence-corrected chi connectivity index (χ4v) is 4.52. The van der Waals surface area contributed by atoms with Gasteiger partial charge in [-0.25, -0.2) is 13.2 Å². The highest BCUT2D eigenvalue weighted by Crippen LogP contribution is 2.35. The Bertz CT molecular complexity index is 1210.